The van der Waals surface area contributed by atoms with Crippen molar-refractivity contribution in [1.29, 1.82) is 0 Å². The molecule has 2 aliphatic carbocycles. The Labute approximate surface area is 76.6 Å². The number of methoxy groups -OCH3 is 1. The second kappa shape index (κ2) is 3.06. The van der Waals surface area contributed by atoms with Crippen LogP contribution in [0.2, 0.25) is 0 Å². The van der Waals surface area contributed by atoms with E-state index in [1.807, 2.05) is 7.11 Å². The van der Waals surface area contributed by atoms with Gasteiger partial charge in [0.05, 0.1) is 6.10 Å². The molecule has 0 aromatic carbocycles. The van der Waals surface area contributed by atoms with Gasteiger partial charge in [-0.05, 0) is 37.5 Å². The maximum Gasteiger partial charge on any atom is 0.0610 e. The Morgan fingerprint density at radius 2 is 1.91 bits per heavy atom. The van der Waals surface area contributed by atoms with Crippen LogP contribution in [0.15, 0.2) is 0 Å². The zero-order valence-electron chi connectivity index (χ0n) is 6.92. The summed E-state index contributed by atoms with van der Waals surface area (Å²) in [5.41, 5.74) is 0. The number of fused-ring (bicyclic) bond motifs is 2. The molecule has 4 atom stereocenters. The lowest BCUT2D eigenvalue weighted by atomic mass is 9.87. The van der Waals surface area contributed by atoms with E-state index in [0.29, 0.717) is 6.10 Å². The zero-order chi connectivity index (χ0) is 7.84. The molecule has 2 fully saturated rings. The van der Waals surface area contributed by atoms with Gasteiger partial charge in [0, 0.05) is 11.9 Å². The molecule has 0 amide bonds. The Morgan fingerprint density at radius 1 is 1.18 bits per heavy atom. The van der Waals surface area contributed by atoms with Gasteiger partial charge >= 0.3 is 0 Å². The lowest BCUT2D eigenvalue weighted by Crippen LogP contribution is -2.31. The molecular weight excluding hydrogens is 204 g/mol. The van der Waals surface area contributed by atoms with Crippen molar-refractivity contribution in [3.05, 3.63) is 0 Å². The third-order valence-electron chi connectivity index (χ3n) is 3.31. The van der Waals surface area contributed by atoms with Crippen molar-refractivity contribution in [3.8, 4) is 0 Å². The van der Waals surface area contributed by atoms with Crippen molar-refractivity contribution in [1.82, 2.24) is 0 Å². The van der Waals surface area contributed by atoms with Crippen LogP contribution in [0.25, 0.3) is 0 Å². The maximum absolute atomic E-state index is 5.46. The van der Waals surface area contributed by atoms with Gasteiger partial charge in [0.15, 0.2) is 0 Å². The predicted octanol–water partition coefficient (Wildman–Crippen LogP) is 2.58. The monoisotopic (exact) mass is 218 g/mol. The second-order valence-electron chi connectivity index (χ2n) is 3.86. The van der Waals surface area contributed by atoms with E-state index in [-0.39, 0.29) is 0 Å². The van der Waals surface area contributed by atoms with Gasteiger partial charge in [0.25, 0.3) is 0 Å². The molecular formula is C9H15BrO. The van der Waals surface area contributed by atoms with Crippen molar-refractivity contribution in [2.24, 2.45) is 11.8 Å². The first-order valence-electron chi connectivity index (χ1n) is 4.48. The Bertz CT molecular complexity index is 148. The molecule has 0 unspecified atom stereocenters. The van der Waals surface area contributed by atoms with Crippen LogP contribution in [0, 0.1) is 11.8 Å². The van der Waals surface area contributed by atoms with Crippen LogP contribution in [-0.4, -0.2) is 18.0 Å². The van der Waals surface area contributed by atoms with E-state index in [0.717, 1.165) is 16.7 Å². The fraction of sp³-hybridized carbons (Fsp3) is 1.00. The fourth-order valence-electron chi connectivity index (χ4n) is 2.61. The van der Waals surface area contributed by atoms with Crippen LogP contribution < -0.4 is 0 Å². The SMILES string of the molecule is CO[C@@H]1C[C@H](Br)[C@@H]2CC[C@H]1C2. The molecule has 0 heterocycles. The van der Waals surface area contributed by atoms with Gasteiger partial charge in [-0.1, -0.05) is 15.9 Å². The molecule has 2 rings (SSSR count). The molecule has 11 heavy (non-hydrogen) atoms. The Kier molecular flexibility index (Phi) is 2.24. The second-order valence-corrected chi connectivity index (χ2v) is 5.04. The van der Waals surface area contributed by atoms with E-state index in [1.165, 1.54) is 25.7 Å². The van der Waals surface area contributed by atoms with Crippen LogP contribution in [0.5, 0.6) is 0 Å². The largest absolute Gasteiger partial charge is 0.381 e. The van der Waals surface area contributed by atoms with Crippen molar-refractivity contribution < 1.29 is 4.74 Å². The molecule has 2 aliphatic rings. The average molecular weight is 219 g/mol. The summed E-state index contributed by atoms with van der Waals surface area (Å²) in [6, 6.07) is 0. The average Bonchev–Trinajstić information content (AvgIpc) is 2.43. The first-order valence-corrected chi connectivity index (χ1v) is 5.39. The van der Waals surface area contributed by atoms with Crippen LogP contribution in [0.1, 0.15) is 25.7 Å². The summed E-state index contributed by atoms with van der Waals surface area (Å²) >= 11 is 3.74. The van der Waals surface area contributed by atoms with Crippen molar-refractivity contribution in [2.75, 3.05) is 7.11 Å². The van der Waals surface area contributed by atoms with Gasteiger partial charge < -0.3 is 4.74 Å². The molecule has 1 nitrogen and oxygen atoms in total. The summed E-state index contributed by atoms with van der Waals surface area (Å²) in [6.07, 6.45) is 5.98. The first kappa shape index (κ1) is 8.06. The van der Waals surface area contributed by atoms with Crippen molar-refractivity contribution >= 4 is 15.9 Å². The standard InChI is InChI=1S/C9H15BrO/c1-11-9-5-8(10)6-2-3-7(9)4-6/h6-9H,2-5H2,1H3/t6-,7+,8+,9-/m1/s1. The van der Waals surface area contributed by atoms with Gasteiger partial charge in [0.2, 0.25) is 0 Å². The highest BCUT2D eigenvalue weighted by atomic mass is 79.9. The fourth-order valence-corrected chi connectivity index (χ4v) is 3.46. The molecule has 0 spiro atoms. The number of ether oxygens (including phenoxy) is 1. The molecule has 0 aliphatic heterocycles. The number of halogens is 1. The molecule has 0 saturated heterocycles. The molecule has 0 aromatic heterocycles. The summed E-state index contributed by atoms with van der Waals surface area (Å²) in [4.78, 5) is 0.728. The Hall–Kier alpha value is 0.440. The molecule has 2 heteroatoms. The van der Waals surface area contributed by atoms with Crippen molar-refractivity contribution in [3.63, 3.8) is 0 Å². The number of rotatable bonds is 1. The summed E-state index contributed by atoms with van der Waals surface area (Å²) in [5, 5.41) is 0. The third kappa shape index (κ3) is 1.35. The van der Waals surface area contributed by atoms with Crippen LogP contribution in [0.3, 0.4) is 0 Å². The molecule has 0 N–H and O–H groups in total. The summed E-state index contributed by atoms with van der Waals surface area (Å²) in [6.45, 7) is 0. The summed E-state index contributed by atoms with van der Waals surface area (Å²) in [7, 11) is 1.85. The van der Waals surface area contributed by atoms with Crippen molar-refractivity contribution in [2.45, 2.75) is 36.6 Å². The normalized spacial score (nSPS) is 49.6. The molecule has 0 aromatic rings. The van der Waals surface area contributed by atoms with Gasteiger partial charge in [-0.3, -0.25) is 0 Å². The molecule has 2 bridgehead atoms. The third-order valence-corrected chi connectivity index (χ3v) is 4.43. The van der Waals surface area contributed by atoms with Gasteiger partial charge in [-0.15, -0.1) is 0 Å². The minimum absolute atomic E-state index is 0.540. The smallest absolute Gasteiger partial charge is 0.0610 e. The first-order chi connectivity index (χ1) is 5.31. The molecule has 64 valence electrons. The lowest BCUT2D eigenvalue weighted by molar-refractivity contribution is 0.0323. The highest BCUT2D eigenvalue weighted by Gasteiger charge is 2.40. The number of hydrogen-bond donors (Lipinski definition) is 0. The van der Waals surface area contributed by atoms with Crippen LogP contribution in [0.4, 0.5) is 0 Å². The number of hydrogen-bond acceptors (Lipinski definition) is 1. The highest BCUT2D eigenvalue weighted by molar-refractivity contribution is 9.09. The van der Waals surface area contributed by atoms with Crippen LogP contribution >= 0.6 is 15.9 Å². The quantitative estimate of drug-likeness (QED) is 0.616. The topological polar surface area (TPSA) is 9.23 Å². The van der Waals surface area contributed by atoms with Crippen LogP contribution in [-0.2, 0) is 4.74 Å². The van der Waals surface area contributed by atoms with Gasteiger partial charge in [-0.25, -0.2) is 0 Å². The summed E-state index contributed by atoms with van der Waals surface area (Å²) in [5.74, 6) is 1.82. The highest BCUT2D eigenvalue weighted by Crippen LogP contribution is 2.45. The lowest BCUT2D eigenvalue weighted by Gasteiger charge is -2.31. The van der Waals surface area contributed by atoms with E-state index in [1.54, 1.807) is 0 Å². The maximum atomic E-state index is 5.46. The molecule has 0 radical (unpaired) electrons. The van der Waals surface area contributed by atoms with E-state index >= 15 is 0 Å². The van der Waals surface area contributed by atoms with E-state index in [9.17, 15) is 0 Å². The van der Waals surface area contributed by atoms with E-state index in [4.69, 9.17) is 4.74 Å². The summed E-state index contributed by atoms with van der Waals surface area (Å²) < 4.78 is 5.46. The minimum Gasteiger partial charge on any atom is -0.381 e. The Morgan fingerprint density at radius 3 is 2.64 bits per heavy atom. The Balaban J connectivity index is 2.05. The number of alkyl halides is 1. The van der Waals surface area contributed by atoms with E-state index in [2.05, 4.69) is 15.9 Å². The van der Waals surface area contributed by atoms with Gasteiger partial charge in [0.1, 0.15) is 0 Å². The zero-order valence-corrected chi connectivity index (χ0v) is 8.51. The molecule has 2 saturated carbocycles. The minimum atomic E-state index is 0.540. The van der Waals surface area contributed by atoms with E-state index < -0.39 is 0 Å². The predicted molar refractivity (Wildman–Crippen MR) is 49.0 cm³/mol. The van der Waals surface area contributed by atoms with Gasteiger partial charge in [-0.2, -0.15) is 0 Å².